The highest BCUT2D eigenvalue weighted by atomic mass is 28.3. The van der Waals surface area contributed by atoms with Gasteiger partial charge in [0.15, 0.2) is 0 Å². The van der Waals surface area contributed by atoms with Gasteiger partial charge in [0.05, 0.1) is 30.8 Å². The van der Waals surface area contributed by atoms with Crippen LogP contribution in [0.3, 0.4) is 0 Å². The molecule has 0 amide bonds. The van der Waals surface area contributed by atoms with Gasteiger partial charge in [0.1, 0.15) is 0 Å². The maximum Gasteiger partial charge on any atom is 0.0776 e. The van der Waals surface area contributed by atoms with Crippen LogP contribution in [-0.2, 0) is 6.42 Å². The first-order valence-electron chi connectivity index (χ1n) is 41.8. The van der Waals surface area contributed by atoms with Crippen molar-refractivity contribution in [2.24, 2.45) is 0 Å². The first-order valence-corrected chi connectivity index (χ1v) is 45.3. The molecule has 0 fully saturated rings. The van der Waals surface area contributed by atoms with Crippen molar-refractivity contribution in [3.63, 3.8) is 0 Å². The number of hydrogen-bond acceptors (Lipinski definition) is 4. The van der Waals surface area contributed by atoms with E-state index in [1.165, 1.54) is 131 Å². The maximum atomic E-state index is 2.60. The van der Waals surface area contributed by atoms with E-state index in [0.29, 0.717) is 0 Å². The second-order valence-electron chi connectivity index (χ2n) is 33.5. The summed E-state index contributed by atoms with van der Waals surface area (Å²) in [5.41, 5.74) is 29.9. The van der Waals surface area contributed by atoms with Crippen molar-refractivity contribution in [2.75, 3.05) is 19.6 Å². The second kappa shape index (κ2) is 30.5. The van der Waals surface area contributed by atoms with E-state index >= 15 is 0 Å². The quantitative estimate of drug-likeness (QED) is 0.0557. The molecule has 0 aliphatic heterocycles. The summed E-state index contributed by atoms with van der Waals surface area (Å²) in [6.07, 6.45) is 0.801. The molecule has 20 rings (SSSR count). The van der Waals surface area contributed by atoms with Crippen LogP contribution in [-0.4, -0.2) is 8.07 Å². The molecular formula is C114H92N4Si. The summed E-state index contributed by atoms with van der Waals surface area (Å²) in [5, 5.41) is 16.2. The van der Waals surface area contributed by atoms with E-state index in [2.05, 4.69) is 468 Å². The summed E-state index contributed by atoms with van der Waals surface area (Å²) in [4.78, 5) is 10.2. The zero-order valence-electron chi connectivity index (χ0n) is 68.6. The monoisotopic (exact) mass is 1540 g/mol. The lowest BCUT2D eigenvalue weighted by Crippen LogP contribution is -2.37. The molecule has 0 heterocycles. The third-order valence-corrected chi connectivity index (χ3v) is 26.8. The van der Waals surface area contributed by atoms with Gasteiger partial charge < -0.3 is 19.6 Å². The Morgan fingerprint density at radius 1 is 0.227 bits per heavy atom. The van der Waals surface area contributed by atoms with Gasteiger partial charge in [0.2, 0.25) is 0 Å². The molecule has 20 aromatic carbocycles. The minimum atomic E-state index is -1.75. The maximum absolute atomic E-state index is 2.60. The molecule has 1 unspecified atom stereocenters. The predicted molar refractivity (Wildman–Crippen MR) is 515 cm³/mol. The molecule has 0 N–H and O–H groups in total. The van der Waals surface area contributed by atoms with Crippen LogP contribution in [0.1, 0.15) is 46.2 Å². The number of para-hydroxylation sites is 3. The fraction of sp³-hybridized carbons (Fsp3) is 0.0877. The van der Waals surface area contributed by atoms with Gasteiger partial charge in [0.25, 0.3) is 0 Å². The van der Waals surface area contributed by atoms with E-state index in [4.69, 9.17) is 0 Å². The smallest absolute Gasteiger partial charge is 0.0776 e. The van der Waals surface area contributed by atoms with Gasteiger partial charge in [-0.2, -0.15) is 0 Å². The van der Waals surface area contributed by atoms with Gasteiger partial charge in [-0.15, -0.1) is 0 Å². The van der Waals surface area contributed by atoms with Crippen molar-refractivity contribution >= 4 is 146 Å². The normalized spacial score (nSPS) is 12.0. The minimum absolute atomic E-state index is 0.119. The lowest BCUT2D eigenvalue weighted by molar-refractivity contribution is 0.761. The third-order valence-electron chi connectivity index (χ3n) is 24.7. The van der Waals surface area contributed by atoms with Crippen LogP contribution in [0.25, 0.3) is 109 Å². The molecule has 0 radical (unpaired) electrons. The molecule has 0 aliphatic carbocycles. The number of aryl methyl sites for hydroxylation is 4. The first kappa shape index (κ1) is 73.8. The predicted octanol–water partition coefficient (Wildman–Crippen LogP) is 32.2. The van der Waals surface area contributed by atoms with Crippen LogP contribution in [0.5, 0.6) is 0 Å². The largest absolute Gasteiger partial charge is 0.310 e. The molecule has 0 aromatic heterocycles. The zero-order valence-corrected chi connectivity index (χ0v) is 69.6. The van der Waals surface area contributed by atoms with Crippen LogP contribution in [0.2, 0.25) is 19.6 Å². The van der Waals surface area contributed by atoms with Gasteiger partial charge in [-0.1, -0.05) is 341 Å². The van der Waals surface area contributed by atoms with Crippen LogP contribution < -0.4 is 24.8 Å². The fourth-order valence-corrected chi connectivity index (χ4v) is 19.7. The van der Waals surface area contributed by atoms with E-state index in [0.717, 1.165) is 91.4 Å². The molecule has 5 heteroatoms. The Balaban J connectivity index is 0.774. The second-order valence-corrected chi connectivity index (χ2v) is 38.6. The highest BCUT2D eigenvalue weighted by molar-refractivity contribution is 6.89. The van der Waals surface area contributed by atoms with Crippen molar-refractivity contribution in [1.82, 2.24) is 0 Å². The van der Waals surface area contributed by atoms with Crippen molar-refractivity contribution < 1.29 is 0 Å². The summed E-state index contributed by atoms with van der Waals surface area (Å²) in [6, 6.07) is 148. The summed E-state index contributed by atoms with van der Waals surface area (Å²) < 4.78 is 0. The van der Waals surface area contributed by atoms with E-state index < -0.39 is 8.07 Å². The Morgan fingerprint density at radius 3 is 0.807 bits per heavy atom. The Morgan fingerprint density at radius 2 is 0.504 bits per heavy atom. The molecule has 1 atom stereocenters. The molecule has 4 nitrogen and oxygen atoms in total. The topological polar surface area (TPSA) is 13.0 Å². The minimum Gasteiger partial charge on any atom is -0.310 e. The Hall–Kier alpha value is -14.1. The highest BCUT2D eigenvalue weighted by Gasteiger charge is 2.31. The Bertz CT molecular complexity index is 6950. The van der Waals surface area contributed by atoms with Crippen LogP contribution in [0.4, 0.5) is 68.2 Å². The standard InChI is InChI=1S/C114H92N4Si/c1-75-47-51-85(81-32-16-9-17-33-81)69-103(75)115(94-40-24-13-25-41-94)107-73-108(116(95-42-26-14-27-43-95)104-70-86(52-48-76(104)2)82-34-18-10-19-35-82)100-60-56-90-66-93(65-89-55-59-99(107)113(100)111(89)90)79(5)63-80-31-30-46-97(64-80)118(106-72-88(54-50-78(106)4)84-38-22-12-23-39-84)110-74-109(101-61-57-91-67-98(119(6,7)8)68-92-58-62-102(110)114(101)112(91)92)117(96-44-28-15-29-45-96)105-71-87(53-49-77(105)3)83-36-20-11-21-37-83/h9-62,64-74,79H,63H2,1-8H3. The number of anilines is 12. The van der Waals surface area contributed by atoms with Gasteiger partial charge in [-0.25, -0.2) is 0 Å². The number of nitrogens with zero attached hydrogens (tertiary/aromatic N) is 4. The average molecular weight is 1550 g/mol. The molecule has 20 aromatic rings. The first-order chi connectivity index (χ1) is 58.2. The van der Waals surface area contributed by atoms with Crippen LogP contribution in [0.15, 0.2) is 394 Å². The SMILES string of the molecule is Cc1ccc(-c2ccccc2)cc1N(c1ccccc1)c1cc(N(c2ccccc2)c2cc(-c3ccccc3)ccc2C)c2ccc3cc(C(C)Cc4cccc(N(c5cc(-c6ccccc6)ccc5C)c5cc(N(c6ccccc6)c6cc(-c7ccccc7)ccc6C)c6ccc7cc([Si](C)(C)C)cc8ccc5c6c78)c4)cc4ccc1c2c43. The highest BCUT2D eigenvalue weighted by Crippen LogP contribution is 2.55. The molecule has 0 bridgehead atoms. The molecule has 0 saturated carbocycles. The van der Waals surface area contributed by atoms with Gasteiger partial charge in [-0.3, -0.25) is 0 Å². The van der Waals surface area contributed by atoms with Crippen molar-refractivity contribution in [2.45, 2.75) is 66.6 Å². The summed E-state index contributed by atoms with van der Waals surface area (Å²) in [7, 11) is -1.75. The molecule has 119 heavy (non-hydrogen) atoms. The number of rotatable bonds is 20. The van der Waals surface area contributed by atoms with Crippen LogP contribution >= 0.6 is 0 Å². The lowest BCUT2D eigenvalue weighted by Gasteiger charge is -2.34. The van der Waals surface area contributed by atoms with Gasteiger partial charge >= 0.3 is 0 Å². The molecule has 0 saturated heterocycles. The Kier molecular flexibility index (Phi) is 18.9. The van der Waals surface area contributed by atoms with E-state index in [1.807, 2.05) is 0 Å². The van der Waals surface area contributed by atoms with E-state index in [-0.39, 0.29) is 5.92 Å². The average Bonchev–Trinajstić information content (AvgIpc) is 0.712. The molecule has 572 valence electrons. The number of benzene rings is 20. The molecule has 0 spiro atoms. The molecule has 0 aliphatic rings. The summed E-state index contributed by atoms with van der Waals surface area (Å²) >= 11 is 0. The molecular weight excluding hydrogens is 1450 g/mol. The van der Waals surface area contributed by atoms with Crippen molar-refractivity contribution in [1.29, 1.82) is 0 Å². The third kappa shape index (κ3) is 13.6. The summed E-state index contributed by atoms with van der Waals surface area (Å²) in [6.45, 7) is 18.9. The van der Waals surface area contributed by atoms with Gasteiger partial charge in [-0.05, 0) is 235 Å². The summed E-state index contributed by atoms with van der Waals surface area (Å²) in [5.74, 6) is 0.119. The fourth-order valence-electron chi connectivity index (χ4n) is 18.5. The van der Waals surface area contributed by atoms with E-state index in [9.17, 15) is 0 Å². The Labute approximate surface area is 699 Å². The zero-order chi connectivity index (χ0) is 80.6. The van der Waals surface area contributed by atoms with Gasteiger partial charge in [0, 0.05) is 77.8 Å². The van der Waals surface area contributed by atoms with Crippen molar-refractivity contribution in [3.05, 3.63) is 428 Å². The van der Waals surface area contributed by atoms with Crippen LogP contribution in [0, 0.1) is 27.7 Å². The number of hydrogen-bond donors (Lipinski definition) is 0. The lowest BCUT2D eigenvalue weighted by atomic mass is 9.86. The van der Waals surface area contributed by atoms with Crippen molar-refractivity contribution in [3.8, 4) is 44.5 Å². The van der Waals surface area contributed by atoms with E-state index in [1.54, 1.807) is 0 Å².